The van der Waals surface area contributed by atoms with Gasteiger partial charge in [-0.1, -0.05) is 6.92 Å². The van der Waals surface area contributed by atoms with Gasteiger partial charge in [0.25, 0.3) is 0 Å². The number of aliphatic hydroxyl groups is 16. The van der Waals surface area contributed by atoms with Crippen molar-refractivity contribution < 1.29 is 101 Å². The minimum Gasteiger partial charge on any atom is -0.388 e. The van der Waals surface area contributed by atoms with Gasteiger partial charge in [-0.15, -0.1) is 0 Å². The maximum absolute atomic E-state index is 10.7. The number of likely N-dealkylation sites (N-methyl/N-ethyl adjacent to an activating group) is 3. The largest absolute Gasteiger partial charge is 0.388 e. The van der Waals surface area contributed by atoms with Gasteiger partial charge >= 0.3 is 0 Å². The summed E-state index contributed by atoms with van der Waals surface area (Å²) in [5, 5.41) is 192. The summed E-state index contributed by atoms with van der Waals surface area (Å²) in [5.41, 5.74) is 6.18. The highest BCUT2D eigenvalue weighted by Crippen LogP contribution is 2.23. The molecule has 4 heterocycles. The lowest BCUT2D eigenvalue weighted by atomic mass is 9.98. The van der Waals surface area contributed by atoms with Crippen molar-refractivity contribution in [2.24, 2.45) is 5.73 Å². The molecule has 0 radical (unpaired) electrons. The summed E-state index contributed by atoms with van der Waals surface area (Å²) >= 11 is 0. The summed E-state index contributed by atoms with van der Waals surface area (Å²) in [5.74, 6) is 0. The minimum absolute atomic E-state index is 0.117. The van der Waals surface area contributed by atoms with E-state index in [4.69, 9.17) is 24.7 Å². The van der Waals surface area contributed by atoms with Crippen molar-refractivity contribution in [2.75, 3.05) is 243 Å². The third kappa shape index (κ3) is 31.2. The molecule has 94 heavy (non-hydrogen) atoms. The summed E-state index contributed by atoms with van der Waals surface area (Å²) in [4.78, 5) is 13.7. The fraction of sp³-hybridized carbons (Fsp3) is 1.00. The lowest BCUT2D eigenvalue weighted by Gasteiger charge is -2.40. The molecule has 4 aliphatic rings. The first-order valence-electron chi connectivity index (χ1n) is 33.9. The molecule has 0 aromatic rings. The first-order valence-corrected chi connectivity index (χ1v) is 33.9. The van der Waals surface area contributed by atoms with Crippen LogP contribution in [0.1, 0.15) is 6.92 Å². The minimum atomic E-state index is -1.64. The Morgan fingerprint density at radius 3 is 0.957 bits per heavy atom. The molecule has 4 aliphatic heterocycles. The number of ether oxygens (including phenoxy) is 4. The molecule has 4 rings (SSSR count). The number of hydrogen-bond donors (Lipinski definition) is 26. The molecule has 4 saturated heterocycles. The number of nitrogens with one attached hydrogen (secondary N) is 9. The van der Waals surface area contributed by atoms with E-state index in [0.717, 1.165) is 85.1 Å². The molecule has 0 aliphatic carbocycles. The molecule has 0 bridgehead atoms. The van der Waals surface area contributed by atoms with Gasteiger partial charge in [0.1, 0.15) is 97.7 Å². The van der Waals surface area contributed by atoms with Crippen LogP contribution in [0.3, 0.4) is 0 Å². The molecule has 36 heteroatoms. The lowest BCUT2D eigenvalue weighted by Crippen LogP contribution is -2.60. The second-order valence-electron chi connectivity index (χ2n) is 25.0. The van der Waals surface area contributed by atoms with Gasteiger partial charge in [-0.05, 0) is 20.6 Å². The number of aliphatic hydroxyl groups excluding tert-OH is 16. The topological polar surface area (TPSA) is 514 Å². The van der Waals surface area contributed by atoms with E-state index in [2.05, 4.69) is 84.3 Å². The molecule has 0 amide bonds. The lowest BCUT2D eigenvalue weighted by molar-refractivity contribution is -0.283. The van der Waals surface area contributed by atoms with Crippen LogP contribution in [0.4, 0.5) is 0 Å². The van der Waals surface area contributed by atoms with Gasteiger partial charge in [0, 0.05) is 223 Å². The van der Waals surface area contributed by atoms with E-state index in [1.165, 1.54) is 0 Å². The van der Waals surface area contributed by atoms with Gasteiger partial charge in [0.15, 0.2) is 25.2 Å². The Balaban J connectivity index is 1.29. The fourth-order valence-electron chi connectivity index (χ4n) is 11.4. The average Bonchev–Trinajstić information content (AvgIpc) is 0.888. The number of hydrogen-bond acceptors (Lipinski definition) is 36. The van der Waals surface area contributed by atoms with Crippen molar-refractivity contribution >= 4 is 0 Å². The van der Waals surface area contributed by atoms with Gasteiger partial charge in [0.05, 0.1) is 0 Å². The third-order valence-electron chi connectivity index (χ3n) is 17.7. The number of nitrogens with zero attached hydrogens (tertiary/aromatic N) is 6. The summed E-state index contributed by atoms with van der Waals surface area (Å²) in [6.07, 6.45) is -28.1. The van der Waals surface area contributed by atoms with E-state index in [-0.39, 0.29) is 26.2 Å². The quantitative estimate of drug-likeness (QED) is 0.0252. The molecule has 20 atom stereocenters. The van der Waals surface area contributed by atoms with Gasteiger partial charge in [-0.25, -0.2) is 0 Å². The summed E-state index contributed by atoms with van der Waals surface area (Å²) in [6, 6.07) is 0. The average molecular weight is 1370 g/mol. The van der Waals surface area contributed by atoms with E-state index in [0.29, 0.717) is 118 Å². The van der Waals surface area contributed by atoms with Crippen molar-refractivity contribution in [2.45, 2.75) is 130 Å². The molecule has 0 spiro atoms. The van der Waals surface area contributed by atoms with Gasteiger partial charge in [-0.3, -0.25) is 24.5 Å². The Morgan fingerprint density at radius 1 is 0.287 bits per heavy atom. The number of nitrogens with two attached hydrogens (primary N) is 1. The normalized spacial score (nSPS) is 32.0. The Morgan fingerprint density at radius 2 is 0.564 bits per heavy atom. The van der Waals surface area contributed by atoms with Crippen molar-refractivity contribution in [3.63, 3.8) is 0 Å². The standard InChI is InChI=1S/C58H126N16O20/c1-4-61-12-27-74(38-42-46(78)50(82)54(86)58(90)94-42)28-16-65-15-24-72(30-29-69(3)20-11-63-7-6-62-8-9-66-35-39-43(75)47(79)51(83)55(87)91-39)23-14-64-13-22-70(19-5-59)31-33-73(26-18-68-37-41-45(77)49(81)53(85)57(89)93-41)34-32-71(21-10-60-2)25-17-67-36-40-44(76)48(80)52(84)56(88)92-40/h39-58,60-68,75-90H,4-38,59H2,1-3H3/t39-,40-,41-,42-,43+,44+,45+,46+,47+,48+,49+,50+,51-,52-,53-,54-,55+,56+,57+,58+/m1/s1. The van der Waals surface area contributed by atoms with E-state index < -0.39 is 123 Å². The second kappa shape index (κ2) is 48.4. The molecular formula is C58H126N16O20. The van der Waals surface area contributed by atoms with Crippen molar-refractivity contribution in [1.82, 2.24) is 77.3 Å². The van der Waals surface area contributed by atoms with Crippen LogP contribution in [0.15, 0.2) is 0 Å². The molecule has 27 N–H and O–H groups in total. The van der Waals surface area contributed by atoms with Crippen LogP contribution < -0.4 is 53.6 Å². The van der Waals surface area contributed by atoms with E-state index in [9.17, 15) is 81.7 Å². The Labute approximate surface area is 555 Å². The smallest absolute Gasteiger partial charge is 0.184 e. The fourth-order valence-corrected chi connectivity index (χ4v) is 11.4. The Bertz CT molecular complexity index is 1880. The van der Waals surface area contributed by atoms with Crippen LogP contribution >= 0.6 is 0 Å². The first kappa shape index (κ1) is 85.0. The van der Waals surface area contributed by atoms with Gasteiger partial charge in [-0.2, -0.15) is 0 Å². The van der Waals surface area contributed by atoms with Crippen LogP contribution in [-0.4, -0.2) is 477 Å². The van der Waals surface area contributed by atoms with Crippen LogP contribution in [0, 0.1) is 0 Å². The highest BCUT2D eigenvalue weighted by molar-refractivity contribution is 4.93. The molecule has 558 valence electrons. The van der Waals surface area contributed by atoms with Crippen molar-refractivity contribution in [3.8, 4) is 0 Å². The summed E-state index contributed by atoms with van der Waals surface area (Å²) < 4.78 is 21.5. The predicted molar refractivity (Wildman–Crippen MR) is 347 cm³/mol. The van der Waals surface area contributed by atoms with Crippen LogP contribution in [0.25, 0.3) is 0 Å². The SMILES string of the molecule is CCNCCN(CCNCCN(CCNCCN(CCN)CCN(CCNC[C@H]1O[C@H](O)[C@H](O)[C@@H](O)[C@H]1O)CCN(CCNC)CCNC[C@H]1O[C@H](O)[C@H](O)[C@@H](O)[C@H]1O)CCN(C)CCNCCNCCNC[C@H]1O[C@H](O)[C@H](O)[C@@H](O)[C@H]1O)C[C@H]1O[C@H](O)[C@H](O)[C@@H](O)[C@H]1O. The van der Waals surface area contributed by atoms with Crippen LogP contribution in [0.5, 0.6) is 0 Å². The highest BCUT2D eigenvalue weighted by Gasteiger charge is 2.46. The van der Waals surface area contributed by atoms with Crippen LogP contribution in [-0.2, 0) is 18.9 Å². The molecule has 0 aromatic carbocycles. The molecule has 0 saturated carbocycles. The molecule has 0 unspecified atom stereocenters. The molecular weight excluding hydrogens is 1240 g/mol. The number of rotatable bonds is 53. The molecule has 36 nitrogen and oxygen atoms in total. The molecule has 4 fully saturated rings. The maximum Gasteiger partial charge on any atom is 0.184 e. The zero-order valence-corrected chi connectivity index (χ0v) is 55.8. The maximum atomic E-state index is 10.7. The van der Waals surface area contributed by atoms with Gasteiger partial charge in [0.2, 0.25) is 0 Å². The van der Waals surface area contributed by atoms with E-state index in [1.54, 1.807) is 0 Å². The third-order valence-corrected chi connectivity index (χ3v) is 17.7. The zero-order chi connectivity index (χ0) is 69.0. The second-order valence-corrected chi connectivity index (χ2v) is 25.0. The zero-order valence-electron chi connectivity index (χ0n) is 55.8. The summed E-state index contributed by atoms with van der Waals surface area (Å²) in [6.45, 7) is 23.9. The van der Waals surface area contributed by atoms with Crippen LogP contribution in [0.2, 0.25) is 0 Å². The van der Waals surface area contributed by atoms with Crippen molar-refractivity contribution in [3.05, 3.63) is 0 Å². The molecule has 0 aromatic heterocycles. The monoisotopic (exact) mass is 1370 g/mol. The Hall–Kier alpha value is -1.44. The first-order chi connectivity index (χ1) is 45.1. The highest BCUT2D eigenvalue weighted by atomic mass is 16.7. The Kier molecular flexibility index (Phi) is 43.7. The predicted octanol–water partition coefficient (Wildman–Crippen LogP) is -15.5. The van der Waals surface area contributed by atoms with E-state index >= 15 is 0 Å². The van der Waals surface area contributed by atoms with E-state index in [1.807, 2.05) is 14.0 Å². The van der Waals surface area contributed by atoms with Gasteiger partial charge < -0.3 is 159 Å². The summed E-state index contributed by atoms with van der Waals surface area (Å²) in [7, 11) is 3.98. The van der Waals surface area contributed by atoms with Crippen molar-refractivity contribution in [1.29, 1.82) is 0 Å².